The molecule has 0 aliphatic rings. The Morgan fingerprint density at radius 3 is 2.52 bits per heavy atom. The van der Waals surface area contributed by atoms with Crippen molar-refractivity contribution < 1.29 is 0 Å². The van der Waals surface area contributed by atoms with Crippen molar-refractivity contribution in [3.63, 3.8) is 0 Å². The lowest BCUT2D eigenvalue weighted by Crippen LogP contribution is -2.01. The fraction of sp³-hybridized carbons (Fsp3) is 0.0625. The Balaban J connectivity index is 2.03. The second-order valence-electron chi connectivity index (χ2n) is 4.66. The van der Waals surface area contributed by atoms with E-state index >= 15 is 0 Å². The molecular formula is C16H13Cl2N3. The molecule has 0 atom stereocenters. The van der Waals surface area contributed by atoms with E-state index < -0.39 is 0 Å². The van der Waals surface area contributed by atoms with Crippen LogP contribution in [0.4, 0.5) is 11.6 Å². The zero-order chi connectivity index (χ0) is 14.8. The maximum atomic E-state index is 6.29. The number of benzene rings is 2. The van der Waals surface area contributed by atoms with Gasteiger partial charge in [0.25, 0.3) is 0 Å². The first-order valence-electron chi connectivity index (χ1n) is 6.47. The number of anilines is 2. The highest BCUT2D eigenvalue weighted by Crippen LogP contribution is 2.28. The predicted molar refractivity (Wildman–Crippen MR) is 88.0 cm³/mol. The first-order valence-corrected chi connectivity index (χ1v) is 7.22. The van der Waals surface area contributed by atoms with Gasteiger partial charge in [0.05, 0.1) is 16.4 Å². The largest absolute Gasteiger partial charge is 0.325 e. The molecule has 3 aromatic rings. The number of rotatable bonds is 3. The Bertz CT molecular complexity index is 766. The molecule has 1 heterocycles. The van der Waals surface area contributed by atoms with Crippen molar-refractivity contribution in [2.45, 2.75) is 6.92 Å². The molecule has 2 aromatic carbocycles. The van der Waals surface area contributed by atoms with Gasteiger partial charge in [0.2, 0.25) is 5.95 Å². The van der Waals surface area contributed by atoms with Gasteiger partial charge in [-0.1, -0.05) is 41.4 Å². The second kappa shape index (κ2) is 5.80. The number of nitrogens with one attached hydrogen (secondary N) is 1. The van der Waals surface area contributed by atoms with Crippen LogP contribution in [-0.4, -0.2) is 9.55 Å². The summed E-state index contributed by atoms with van der Waals surface area (Å²) in [5.41, 5.74) is 2.70. The van der Waals surface area contributed by atoms with E-state index in [9.17, 15) is 0 Å². The number of aromatic nitrogens is 2. The van der Waals surface area contributed by atoms with Gasteiger partial charge in [-0.05, 0) is 37.3 Å². The summed E-state index contributed by atoms with van der Waals surface area (Å²) in [4.78, 5) is 4.51. The topological polar surface area (TPSA) is 29.9 Å². The van der Waals surface area contributed by atoms with Gasteiger partial charge in [0.1, 0.15) is 0 Å². The standard InChI is InChI=1S/C16H13Cl2N3/c1-11-10-21(15-8-7-12(17)9-14(15)18)16(19-11)20-13-5-3-2-4-6-13/h2-10H,1H3,(H,19,20). The molecule has 0 aliphatic heterocycles. The molecule has 0 fully saturated rings. The fourth-order valence-electron chi connectivity index (χ4n) is 2.10. The van der Waals surface area contributed by atoms with Crippen LogP contribution < -0.4 is 5.32 Å². The van der Waals surface area contributed by atoms with Gasteiger partial charge in [-0.15, -0.1) is 0 Å². The summed E-state index contributed by atoms with van der Waals surface area (Å²) in [5.74, 6) is 0.711. The minimum Gasteiger partial charge on any atom is -0.325 e. The molecule has 0 bridgehead atoms. The summed E-state index contributed by atoms with van der Waals surface area (Å²) in [7, 11) is 0. The summed E-state index contributed by atoms with van der Waals surface area (Å²) in [6.07, 6.45) is 1.93. The maximum absolute atomic E-state index is 6.29. The van der Waals surface area contributed by atoms with E-state index in [2.05, 4.69) is 10.3 Å². The lowest BCUT2D eigenvalue weighted by Gasteiger charge is -2.11. The molecule has 3 nitrogen and oxygen atoms in total. The number of hydrogen-bond donors (Lipinski definition) is 1. The molecule has 3 rings (SSSR count). The van der Waals surface area contributed by atoms with E-state index in [-0.39, 0.29) is 0 Å². The van der Waals surface area contributed by atoms with E-state index in [0.29, 0.717) is 16.0 Å². The average Bonchev–Trinajstić information content (AvgIpc) is 2.80. The smallest absolute Gasteiger partial charge is 0.212 e. The van der Waals surface area contributed by atoms with Crippen molar-refractivity contribution in [2.24, 2.45) is 0 Å². The highest BCUT2D eigenvalue weighted by Gasteiger charge is 2.11. The van der Waals surface area contributed by atoms with Crippen LogP contribution >= 0.6 is 23.2 Å². The quantitative estimate of drug-likeness (QED) is 0.716. The number of imidazole rings is 1. The lowest BCUT2D eigenvalue weighted by molar-refractivity contribution is 1.06. The van der Waals surface area contributed by atoms with Crippen molar-refractivity contribution >= 4 is 34.8 Å². The van der Waals surface area contributed by atoms with Crippen molar-refractivity contribution in [2.75, 3.05) is 5.32 Å². The Morgan fingerprint density at radius 1 is 1.05 bits per heavy atom. The van der Waals surface area contributed by atoms with E-state index in [4.69, 9.17) is 23.2 Å². The first kappa shape index (κ1) is 14.0. The van der Waals surface area contributed by atoms with Crippen molar-refractivity contribution in [3.05, 3.63) is 70.5 Å². The molecule has 106 valence electrons. The predicted octanol–water partition coefficient (Wildman–Crippen LogP) is 5.23. The normalized spacial score (nSPS) is 10.6. The molecule has 1 N–H and O–H groups in total. The van der Waals surface area contributed by atoms with Gasteiger partial charge in [0, 0.05) is 16.9 Å². The van der Waals surface area contributed by atoms with Gasteiger partial charge in [-0.3, -0.25) is 4.57 Å². The molecule has 0 unspecified atom stereocenters. The van der Waals surface area contributed by atoms with Gasteiger partial charge in [0.15, 0.2) is 0 Å². The zero-order valence-corrected chi connectivity index (χ0v) is 12.9. The van der Waals surface area contributed by atoms with Gasteiger partial charge >= 0.3 is 0 Å². The number of hydrogen-bond acceptors (Lipinski definition) is 2. The zero-order valence-electron chi connectivity index (χ0n) is 11.3. The van der Waals surface area contributed by atoms with E-state index in [1.807, 2.05) is 60.2 Å². The lowest BCUT2D eigenvalue weighted by atomic mass is 10.3. The highest BCUT2D eigenvalue weighted by atomic mass is 35.5. The van der Waals surface area contributed by atoms with E-state index in [0.717, 1.165) is 17.1 Å². The Kier molecular flexibility index (Phi) is 3.86. The summed E-state index contributed by atoms with van der Waals surface area (Å²) < 4.78 is 1.92. The molecule has 0 saturated carbocycles. The van der Waals surface area contributed by atoms with Crippen LogP contribution in [0.3, 0.4) is 0 Å². The third-order valence-corrected chi connectivity index (χ3v) is 3.56. The third-order valence-electron chi connectivity index (χ3n) is 3.03. The minimum atomic E-state index is 0.580. The summed E-state index contributed by atoms with van der Waals surface area (Å²) >= 11 is 12.2. The molecule has 0 amide bonds. The summed E-state index contributed by atoms with van der Waals surface area (Å²) in [5, 5.41) is 4.48. The van der Waals surface area contributed by atoms with Crippen LogP contribution in [0, 0.1) is 6.92 Å². The summed E-state index contributed by atoms with van der Waals surface area (Å²) in [6.45, 7) is 1.94. The molecule has 0 saturated heterocycles. The molecule has 0 aliphatic carbocycles. The number of para-hydroxylation sites is 1. The number of nitrogens with zero attached hydrogens (tertiary/aromatic N) is 2. The van der Waals surface area contributed by atoms with Gasteiger partial charge in [-0.2, -0.15) is 0 Å². The Labute approximate surface area is 133 Å². The van der Waals surface area contributed by atoms with Crippen LogP contribution in [0.15, 0.2) is 54.7 Å². The van der Waals surface area contributed by atoms with E-state index in [1.54, 1.807) is 6.07 Å². The SMILES string of the molecule is Cc1cn(-c2ccc(Cl)cc2Cl)c(Nc2ccccc2)n1. The second-order valence-corrected chi connectivity index (χ2v) is 5.51. The Hall–Kier alpha value is -1.97. The van der Waals surface area contributed by atoms with Crippen LogP contribution in [0.1, 0.15) is 5.69 Å². The number of halogens is 2. The van der Waals surface area contributed by atoms with Crippen molar-refractivity contribution in [1.82, 2.24) is 9.55 Å². The maximum Gasteiger partial charge on any atom is 0.212 e. The number of aryl methyl sites for hydroxylation is 1. The molecule has 0 spiro atoms. The average molecular weight is 318 g/mol. The molecule has 0 radical (unpaired) electrons. The fourth-order valence-corrected chi connectivity index (χ4v) is 2.60. The molecule has 21 heavy (non-hydrogen) atoms. The van der Waals surface area contributed by atoms with Gasteiger partial charge < -0.3 is 5.32 Å². The van der Waals surface area contributed by atoms with Crippen molar-refractivity contribution in [3.8, 4) is 5.69 Å². The highest BCUT2D eigenvalue weighted by molar-refractivity contribution is 6.35. The monoisotopic (exact) mass is 317 g/mol. The van der Waals surface area contributed by atoms with Gasteiger partial charge in [-0.25, -0.2) is 4.98 Å². The van der Waals surface area contributed by atoms with E-state index in [1.165, 1.54) is 0 Å². The van der Waals surface area contributed by atoms with Crippen LogP contribution in [-0.2, 0) is 0 Å². The van der Waals surface area contributed by atoms with Crippen LogP contribution in [0.25, 0.3) is 5.69 Å². The third kappa shape index (κ3) is 3.04. The first-order chi connectivity index (χ1) is 10.1. The molecular weight excluding hydrogens is 305 g/mol. The summed E-state index contributed by atoms with van der Waals surface area (Å²) in [6, 6.07) is 15.3. The van der Waals surface area contributed by atoms with Crippen molar-refractivity contribution in [1.29, 1.82) is 0 Å². The molecule has 1 aromatic heterocycles. The van der Waals surface area contributed by atoms with Crippen LogP contribution in [0.2, 0.25) is 10.0 Å². The molecule has 5 heteroatoms. The Morgan fingerprint density at radius 2 is 1.81 bits per heavy atom. The van der Waals surface area contributed by atoms with Crippen LogP contribution in [0.5, 0.6) is 0 Å². The minimum absolute atomic E-state index is 0.580.